The highest BCUT2D eigenvalue weighted by Crippen LogP contribution is 2.35. The Morgan fingerprint density at radius 1 is 0.958 bits per heavy atom. The summed E-state index contributed by atoms with van der Waals surface area (Å²) in [5.41, 5.74) is 2.68. The third kappa shape index (κ3) is 3.04. The van der Waals surface area contributed by atoms with Gasteiger partial charge in [-0.25, -0.2) is 4.39 Å². The fourth-order valence-corrected chi connectivity index (χ4v) is 4.07. The van der Waals surface area contributed by atoms with E-state index in [2.05, 4.69) is 45.4 Å². The van der Waals surface area contributed by atoms with Gasteiger partial charge in [0.2, 0.25) is 0 Å². The van der Waals surface area contributed by atoms with Gasteiger partial charge in [-0.1, -0.05) is 30.3 Å². The quantitative estimate of drug-likeness (QED) is 0.935. The van der Waals surface area contributed by atoms with Gasteiger partial charge in [-0.15, -0.1) is 0 Å². The maximum atomic E-state index is 13.2. The number of hydrogen-bond acceptors (Lipinski definition) is 3. The smallest absolute Gasteiger partial charge is 0.123 e. The molecule has 2 aromatic carbocycles. The fourth-order valence-electron chi connectivity index (χ4n) is 4.07. The second-order valence-corrected chi connectivity index (χ2v) is 6.98. The van der Waals surface area contributed by atoms with E-state index in [9.17, 15) is 4.39 Å². The number of nitrogens with one attached hydrogen (secondary N) is 1. The van der Waals surface area contributed by atoms with Crippen molar-refractivity contribution in [3.8, 4) is 0 Å². The lowest BCUT2D eigenvalue weighted by Gasteiger charge is -2.45. The van der Waals surface area contributed by atoms with Crippen LogP contribution in [0.25, 0.3) is 0 Å². The molecule has 0 bridgehead atoms. The van der Waals surface area contributed by atoms with Crippen molar-refractivity contribution in [1.29, 1.82) is 0 Å². The summed E-state index contributed by atoms with van der Waals surface area (Å²) in [6, 6.07) is 17.6. The standard InChI is InChI=1S/C20H24FN3/c21-18-6-8-19(9-7-18)24-16-22-15-20(24)10-12-23(13-11-20)14-17-4-2-1-3-5-17/h1-9,22H,10-16H2. The first-order valence-corrected chi connectivity index (χ1v) is 8.75. The van der Waals surface area contributed by atoms with Crippen LogP contribution in [0.15, 0.2) is 54.6 Å². The summed E-state index contributed by atoms with van der Waals surface area (Å²) < 4.78 is 13.2. The van der Waals surface area contributed by atoms with E-state index in [4.69, 9.17) is 0 Å². The Kier molecular flexibility index (Phi) is 4.25. The zero-order valence-electron chi connectivity index (χ0n) is 13.9. The van der Waals surface area contributed by atoms with Crippen LogP contribution in [0.5, 0.6) is 0 Å². The SMILES string of the molecule is Fc1ccc(N2CNCC23CCN(Cc2ccccc2)CC3)cc1. The van der Waals surface area contributed by atoms with Crippen molar-refractivity contribution in [2.24, 2.45) is 0 Å². The molecule has 0 atom stereocenters. The molecule has 24 heavy (non-hydrogen) atoms. The number of nitrogens with zero attached hydrogens (tertiary/aromatic N) is 2. The van der Waals surface area contributed by atoms with Gasteiger partial charge in [0, 0.05) is 31.9 Å². The summed E-state index contributed by atoms with van der Waals surface area (Å²) in [7, 11) is 0. The first kappa shape index (κ1) is 15.6. The van der Waals surface area contributed by atoms with Gasteiger partial charge in [-0.05, 0) is 42.7 Å². The first-order chi connectivity index (χ1) is 11.8. The normalized spacial score (nSPS) is 20.6. The van der Waals surface area contributed by atoms with Crippen molar-refractivity contribution in [1.82, 2.24) is 10.2 Å². The van der Waals surface area contributed by atoms with Crippen LogP contribution in [0, 0.1) is 5.82 Å². The second-order valence-electron chi connectivity index (χ2n) is 6.98. The minimum absolute atomic E-state index is 0.169. The molecule has 1 N–H and O–H groups in total. The maximum Gasteiger partial charge on any atom is 0.123 e. The van der Waals surface area contributed by atoms with Crippen LogP contribution in [0.1, 0.15) is 18.4 Å². The predicted molar refractivity (Wildman–Crippen MR) is 95.4 cm³/mol. The highest BCUT2D eigenvalue weighted by Gasteiger charge is 2.43. The van der Waals surface area contributed by atoms with Crippen LogP contribution in [0.2, 0.25) is 0 Å². The summed E-state index contributed by atoms with van der Waals surface area (Å²) in [5.74, 6) is -0.169. The average Bonchev–Trinajstić information content (AvgIpc) is 3.02. The van der Waals surface area contributed by atoms with Gasteiger partial charge in [-0.2, -0.15) is 0 Å². The van der Waals surface area contributed by atoms with Crippen LogP contribution in [-0.2, 0) is 6.54 Å². The molecule has 4 rings (SSSR count). The van der Waals surface area contributed by atoms with Gasteiger partial charge < -0.3 is 4.90 Å². The van der Waals surface area contributed by atoms with Crippen molar-refractivity contribution in [2.45, 2.75) is 24.9 Å². The lowest BCUT2D eigenvalue weighted by atomic mass is 9.86. The highest BCUT2D eigenvalue weighted by atomic mass is 19.1. The average molecular weight is 325 g/mol. The summed E-state index contributed by atoms with van der Waals surface area (Å²) in [4.78, 5) is 4.98. The largest absolute Gasteiger partial charge is 0.352 e. The minimum Gasteiger partial charge on any atom is -0.352 e. The summed E-state index contributed by atoms with van der Waals surface area (Å²) in [6.45, 7) is 5.11. The van der Waals surface area contributed by atoms with Crippen LogP contribution in [0.4, 0.5) is 10.1 Å². The molecule has 0 radical (unpaired) electrons. The second kappa shape index (κ2) is 6.54. The third-order valence-corrected chi connectivity index (χ3v) is 5.47. The van der Waals surface area contributed by atoms with Crippen molar-refractivity contribution in [3.63, 3.8) is 0 Å². The van der Waals surface area contributed by atoms with Gasteiger partial charge >= 0.3 is 0 Å². The molecule has 2 saturated heterocycles. The van der Waals surface area contributed by atoms with Crippen molar-refractivity contribution < 1.29 is 4.39 Å². The Morgan fingerprint density at radius 2 is 1.67 bits per heavy atom. The monoisotopic (exact) mass is 325 g/mol. The molecule has 2 fully saturated rings. The van der Waals surface area contributed by atoms with Gasteiger partial charge in [0.1, 0.15) is 5.82 Å². The molecule has 0 saturated carbocycles. The van der Waals surface area contributed by atoms with Crippen LogP contribution in [-0.4, -0.2) is 36.7 Å². The lowest BCUT2D eigenvalue weighted by Crippen LogP contribution is -2.54. The number of likely N-dealkylation sites (tertiary alicyclic amines) is 1. The summed E-state index contributed by atoms with van der Waals surface area (Å²) in [6.07, 6.45) is 2.29. The molecule has 4 heteroatoms. The number of hydrogen-bond donors (Lipinski definition) is 1. The van der Waals surface area contributed by atoms with E-state index in [1.54, 1.807) is 12.1 Å². The Morgan fingerprint density at radius 3 is 2.38 bits per heavy atom. The summed E-state index contributed by atoms with van der Waals surface area (Å²) >= 11 is 0. The summed E-state index contributed by atoms with van der Waals surface area (Å²) in [5, 5.41) is 3.52. The van der Waals surface area contributed by atoms with Crippen LogP contribution < -0.4 is 10.2 Å². The highest BCUT2D eigenvalue weighted by molar-refractivity contribution is 5.50. The molecule has 126 valence electrons. The molecular formula is C20H24FN3. The lowest BCUT2D eigenvalue weighted by molar-refractivity contribution is 0.163. The van der Waals surface area contributed by atoms with Gasteiger partial charge in [0.15, 0.2) is 0 Å². The number of piperidine rings is 1. The fraction of sp³-hybridized carbons (Fsp3) is 0.400. The maximum absolute atomic E-state index is 13.2. The number of benzene rings is 2. The van der Waals surface area contributed by atoms with Gasteiger partial charge in [0.25, 0.3) is 0 Å². The first-order valence-electron chi connectivity index (χ1n) is 8.75. The number of anilines is 1. The van der Waals surface area contributed by atoms with Crippen molar-refractivity contribution in [3.05, 3.63) is 66.0 Å². The van der Waals surface area contributed by atoms with E-state index in [0.29, 0.717) is 0 Å². The zero-order valence-corrected chi connectivity index (χ0v) is 13.9. The van der Waals surface area contributed by atoms with Gasteiger partial charge in [-0.3, -0.25) is 10.2 Å². The van der Waals surface area contributed by atoms with Crippen molar-refractivity contribution >= 4 is 5.69 Å². The Balaban J connectivity index is 1.44. The van der Waals surface area contributed by atoms with E-state index >= 15 is 0 Å². The van der Waals surface area contributed by atoms with E-state index < -0.39 is 0 Å². The van der Waals surface area contributed by atoms with Crippen molar-refractivity contribution in [2.75, 3.05) is 31.2 Å². The molecule has 3 nitrogen and oxygen atoms in total. The molecule has 2 aliphatic heterocycles. The van der Waals surface area contributed by atoms with E-state index in [1.807, 2.05) is 12.1 Å². The third-order valence-electron chi connectivity index (χ3n) is 5.47. The molecule has 1 spiro atoms. The molecule has 0 aromatic heterocycles. The molecule has 0 amide bonds. The van der Waals surface area contributed by atoms with Crippen LogP contribution in [0.3, 0.4) is 0 Å². The molecular weight excluding hydrogens is 301 g/mol. The molecule has 2 aliphatic rings. The topological polar surface area (TPSA) is 18.5 Å². The van der Waals surface area contributed by atoms with E-state index in [-0.39, 0.29) is 11.4 Å². The molecule has 2 heterocycles. The molecule has 2 aromatic rings. The van der Waals surface area contributed by atoms with E-state index in [0.717, 1.165) is 51.4 Å². The molecule has 0 unspecified atom stereocenters. The minimum atomic E-state index is -0.169. The Bertz CT molecular complexity index is 663. The Labute approximate surface area is 143 Å². The van der Waals surface area contributed by atoms with Crippen LogP contribution >= 0.6 is 0 Å². The Hall–Kier alpha value is -1.91. The number of rotatable bonds is 3. The van der Waals surface area contributed by atoms with E-state index in [1.165, 1.54) is 5.56 Å². The number of halogens is 1. The predicted octanol–water partition coefficient (Wildman–Crippen LogP) is 3.23. The van der Waals surface area contributed by atoms with Gasteiger partial charge in [0.05, 0.1) is 12.2 Å². The molecule has 0 aliphatic carbocycles. The zero-order chi connectivity index (χ0) is 16.4.